The zero-order chi connectivity index (χ0) is 15.9. The Kier molecular flexibility index (Phi) is 3.39. The summed E-state index contributed by atoms with van der Waals surface area (Å²) < 4.78 is 25.8. The molecule has 1 aromatic heterocycles. The van der Waals surface area contributed by atoms with Gasteiger partial charge in [-0.05, 0) is 37.1 Å². The quantitative estimate of drug-likeness (QED) is 0.946. The largest absolute Gasteiger partial charge is 0.326 e. The number of carbonyl (C=O) groups excluding carboxylic acids is 1. The van der Waals surface area contributed by atoms with Crippen molar-refractivity contribution in [1.29, 1.82) is 0 Å². The highest BCUT2D eigenvalue weighted by molar-refractivity contribution is 5.96. The number of hydrogen-bond acceptors (Lipinski definition) is 3. The minimum absolute atomic E-state index is 0.372. The number of nitrogens with zero attached hydrogens (tertiary/aromatic N) is 2. The Hall–Kier alpha value is -2.37. The van der Waals surface area contributed by atoms with E-state index < -0.39 is 17.7 Å². The van der Waals surface area contributed by atoms with Crippen LogP contribution < -0.4 is 5.32 Å². The number of alkyl halides is 2. The third-order valence-electron chi connectivity index (χ3n) is 3.74. The van der Waals surface area contributed by atoms with Crippen LogP contribution in [-0.2, 0) is 4.79 Å². The summed E-state index contributed by atoms with van der Waals surface area (Å²) in [5, 5.41) is 2.55. The lowest BCUT2D eigenvalue weighted by Gasteiger charge is -2.10. The molecule has 0 saturated heterocycles. The minimum atomic E-state index is -2.86. The van der Waals surface area contributed by atoms with E-state index in [1.165, 1.54) is 0 Å². The third kappa shape index (κ3) is 2.81. The van der Waals surface area contributed by atoms with E-state index in [1.807, 2.05) is 13.0 Å². The maximum absolute atomic E-state index is 12.9. The highest BCUT2D eigenvalue weighted by Crippen LogP contribution is 2.49. The number of hydrogen-bond donors (Lipinski definition) is 1. The van der Waals surface area contributed by atoms with Crippen LogP contribution >= 0.6 is 0 Å². The zero-order valence-corrected chi connectivity index (χ0v) is 12.2. The third-order valence-corrected chi connectivity index (χ3v) is 3.74. The van der Waals surface area contributed by atoms with Gasteiger partial charge in [0.05, 0.1) is 0 Å². The Bertz CT molecular complexity index is 729. The summed E-state index contributed by atoms with van der Waals surface area (Å²) in [5.41, 5.74) is 3.16. The highest BCUT2D eigenvalue weighted by atomic mass is 19.3. The Morgan fingerprint density at radius 2 is 1.91 bits per heavy atom. The number of amides is 1. The smallest absolute Gasteiger partial charge is 0.260 e. The summed E-state index contributed by atoms with van der Waals surface area (Å²) in [4.78, 5) is 20.0. The lowest BCUT2D eigenvalue weighted by molar-refractivity contribution is -0.119. The Morgan fingerprint density at radius 3 is 2.50 bits per heavy atom. The molecule has 1 fully saturated rings. The molecule has 1 aromatic carbocycles. The van der Waals surface area contributed by atoms with Gasteiger partial charge in [-0.25, -0.2) is 18.7 Å². The lowest BCUT2D eigenvalue weighted by Crippen LogP contribution is -2.17. The van der Waals surface area contributed by atoms with E-state index in [1.54, 1.807) is 31.5 Å². The molecule has 2 aromatic rings. The van der Waals surface area contributed by atoms with Crippen molar-refractivity contribution in [3.8, 4) is 11.1 Å². The van der Waals surface area contributed by atoms with Gasteiger partial charge in [-0.15, -0.1) is 0 Å². The van der Waals surface area contributed by atoms with E-state index in [9.17, 15) is 13.6 Å². The highest BCUT2D eigenvalue weighted by Gasteiger charge is 2.61. The number of nitrogens with one attached hydrogen (secondary N) is 1. The summed E-state index contributed by atoms with van der Waals surface area (Å²) in [6.07, 6.45) is 3.03. The van der Waals surface area contributed by atoms with E-state index in [2.05, 4.69) is 15.3 Å². The summed E-state index contributed by atoms with van der Waals surface area (Å²) in [5.74, 6) is -4.04. The van der Waals surface area contributed by atoms with Crippen LogP contribution in [0.25, 0.3) is 11.1 Å². The first-order chi connectivity index (χ1) is 10.4. The molecule has 4 nitrogen and oxygen atoms in total. The predicted molar refractivity (Wildman–Crippen MR) is 78.6 cm³/mol. The molecular weight excluding hydrogens is 288 g/mol. The fraction of sp³-hybridized carbons (Fsp3) is 0.312. The zero-order valence-electron chi connectivity index (χ0n) is 12.2. The summed E-state index contributed by atoms with van der Waals surface area (Å²) in [6.45, 7) is 3.72. The van der Waals surface area contributed by atoms with Crippen LogP contribution in [0, 0.1) is 19.8 Å². The van der Waals surface area contributed by atoms with Crippen molar-refractivity contribution < 1.29 is 13.6 Å². The number of aromatic nitrogens is 2. The van der Waals surface area contributed by atoms with Gasteiger partial charge >= 0.3 is 0 Å². The van der Waals surface area contributed by atoms with Crippen LogP contribution in [0.5, 0.6) is 0 Å². The van der Waals surface area contributed by atoms with Gasteiger partial charge in [0.2, 0.25) is 5.91 Å². The van der Waals surface area contributed by atoms with E-state index in [4.69, 9.17) is 0 Å². The fourth-order valence-corrected chi connectivity index (χ4v) is 2.27. The van der Waals surface area contributed by atoms with Gasteiger partial charge in [-0.3, -0.25) is 4.79 Å². The van der Waals surface area contributed by atoms with Crippen molar-refractivity contribution in [2.24, 2.45) is 5.92 Å². The molecule has 1 amide bonds. The molecule has 0 spiro atoms. The first kappa shape index (κ1) is 14.6. The van der Waals surface area contributed by atoms with E-state index >= 15 is 0 Å². The van der Waals surface area contributed by atoms with Crippen LogP contribution in [0.15, 0.2) is 30.6 Å². The minimum Gasteiger partial charge on any atom is -0.326 e. The van der Waals surface area contributed by atoms with Gasteiger partial charge in [0.25, 0.3) is 5.92 Å². The molecule has 3 rings (SSSR count). The fourth-order valence-electron chi connectivity index (χ4n) is 2.27. The van der Waals surface area contributed by atoms with Crippen molar-refractivity contribution >= 4 is 11.6 Å². The second-order valence-electron chi connectivity index (χ2n) is 5.56. The molecule has 1 aliphatic rings. The second kappa shape index (κ2) is 5.12. The number of rotatable bonds is 3. The molecule has 1 saturated carbocycles. The first-order valence-corrected chi connectivity index (χ1v) is 6.95. The number of anilines is 1. The molecule has 1 aliphatic carbocycles. The number of benzene rings is 1. The maximum atomic E-state index is 12.9. The van der Waals surface area contributed by atoms with Crippen LogP contribution in [0.3, 0.4) is 0 Å². The summed E-state index contributed by atoms with van der Waals surface area (Å²) in [6, 6.07) is 5.28. The first-order valence-electron chi connectivity index (χ1n) is 6.95. The number of halogens is 2. The Labute approximate surface area is 126 Å². The summed E-state index contributed by atoms with van der Waals surface area (Å²) >= 11 is 0. The van der Waals surface area contributed by atoms with Gasteiger partial charge in [-0.2, -0.15) is 0 Å². The second-order valence-corrected chi connectivity index (χ2v) is 5.56. The van der Waals surface area contributed by atoms with Crippen molar-refractivity contribution in [2.45, 2.75) is 26.2 Å². The van der Waals surface area contributed by atoms with Crippen molar-refractivity contribution in [3.63, 3.8) is 0 Å². The SMILES string of the molecule is Cc1ncc(-c2cc(NC(=O)[C@H]3CC3(F)F)ccc2C)cn1. The molecule has 6 heteroatoms. The average Bonchev–Trinajstić information content (AvgIpc) is 3.11. The monoisotopic (exact) mass is 303 g/mol. The topological polar surface area (TPSA) is 54.9 Å². The normalized spacial score (nSPS) is 18.8. The van der Waals surface area contributed by atoms with Gasteiger partial charge in [0.1, 0.15) is 11.7 Å². The Balaban J connectivity index is 1.84. The van der Waals surface area contributed by atoms with E-state index in [-0.39, 0.29) is 6.42 Å². The van der Waals surface area contributed by atoms with Crippen molar-refractivity contribution in [3.05, 3.63) is 42.0 Å². The summed E-state index contributed by atoms with van der Waals surface area (Å²) in [7, 11) is 0. The number of carbonyl (C=O) groups is 1. The standard InChI is InChI=1S/C16H15F2N3O/c1-9-3-4-12(21-15(22)14-6-16(14,17)18)5-13(9)11-7-19-10(2)20-8-11/h3-5,7-8,14H,6H2,1-2H3,(H,21,22)/t14-/m1/s1. The van der Waals surface area contributed by atoms with E-state index in [0.717, 1.165) is 16.7 Å². The Morgan fingerprint density at radius 1 is 1.27 bits per heavy atom. The predicted octanol–water partition coefficient (Wildman–Crippen LogP) is 3.35. The van der Waals surface area contributed by atoms with Crippen LogP contribution in [0.2, 0.25) is 0 Å². The molecular formula is C16H15F2N3O. The van der Waals surface area contributed by atoms with Gasteiger partial charge in [-0.1, -0.05) is 6.07 Å². The lowest BCUT2D eigenvalue weighted by atomic mass is 10.0. The van der Waals surface area contributed by atoms with Crippen LogP contribution in [-0.4, -0.2) is 21.8 Å². The molecule has 1 heterocycles. The average molecular weight is 303 g/mol. The molecule has 22 heavy (non-hydrogen) atoms. The molecule has 0 bridgehead atoms. The van der Waals surface area contributed by atoms with Crippen LogP contribution in [0.1, 0.15) is 17.8 Å². The van der Waals surface area contributed by atoms with Crippen LogP contribution in [0.4, 0.5) is 14.5 Å². The molecule has 1 atom stereocenters. The molecule has 1 N–H and O–H groups in total. The van der Waals surface area contributed by atoms with Gasteiger partial charge < -0.3 is 5.32 Å². The van der Waals surface area contributed by atoms with E-state index in [0.29, 0.717) is 11.5 Å². The van der Waals surface area contributed by atoms with Gasteiger partial charge in [0, 0.05) is 30.1 Å². The van der Waals surface area contributed by atoms with Crippen molar-refractivity contribution in [1.82, 2.24) is 9.97 Å². The molecule has 114 valence electrons. The van der Waals surface area contributed by atoms with Gasteiger partial charge in [0.15, 0.2) is 0 Å². The molecule has 0 radical (unpaired) electrons. The molecule has 0 unspecified atom stereocenters. The number of aryl methyl sites for hydroxylation is 2. The van der Waals surface area contributed by atoms with Crippen molar-refractivity contribution in [2.75, 3.05) is 5.32 Å². The maximum Gasteiger partial charge on any atom is 0.260 e. The molecule has 0 aliphatic heterocycles.